The highest BCUT2D eigenvalue weighted by atomic mass is 19.1. The van der Waals surface area contributed by atoms with Crippen LogP contribution in [0.1, 0.15) is 39.8 Å². The van der Waals surface area contributed by atoms with Gasteiger partial charge in [-0.1, -0.05) is 18.2 Å². The molecular weight excluding hydrogens is 437 g/mol. The summed E-state index contributed by atoms with van der Waals surface area (Å²) < 4.78 is 24.6. The lowest BCUT2D eigenvalue weighted by Gasteiger charge is -2.23. The Morgan fingerprint density at radius 1 is 1.09 bits per heavy atom. The molecule has 0 spiro atoms. The second-order valence-electron chi connectivity index (χ2n) is 8.48. The number of carbonyl (C=O) groups is 2. The third kappa shape index (κ3) is 4.21. The summed E-state index contributed by atoms with van der Waals surface area (Å²) in [6, 6.07) is 12.1. The lowest BCUT2D eigenvalue weighted by molar-refractivity contribution is -0.140. The number of amides is 1. The van der Waals surface area contributed by atoms with E-state index in [1.165, 1.54) is 24.1 Å². The number of ketones is 1. The van der Waals surface area contributed by atoms with Crippen LogP contribution in [0.25, 0.3) is 5.76 Å². The number of methoxy groups -OCH3 is 1. The van der Waals surface area contributed by atoms with E-state index in [1.54, 1.807) is 37.3 Å². The van der Waals surface area contributed by atoms with E-state index in [-0.39, 0.29) is 23.7 Å². The molecule has 34 heavy (non-hydrogen) atoms. The van der Waals surface area contributed by atoms with E-state index in [1.807, 2.05) is 19.9 Å². The summed E-state index contributed by atoms with van der Waals surface area (Å²) >= 11 is 0. The van der Waals surface area contributed by atoms with Gasteiger partial charge < -0.3 is 19.2 Å². The Kier molecular flexibility index (Phi) is 6.28. The number of likely N-dealkylation sites (tertiary alicyclic amines) is 1. The van der Waals surface area contributed by atoms with Crippen molar-refractivity contribution in [2.24, 2.45) is 0 Å². The minimum atomic E-state index is -0.903. The van der Waals surface area contributed by atoms with Crippen molar-refractivity contribution in [2.75, 3.05) is 13.7 Å². The van der Waals surface area contributed by atoms with Crippen LogP contribution < -0.4 is 4.74 Å². The fraction of sp³-hybridized carbons (Fsp3) is 0.259. The molecule has 4 rings (SSSR count). The molecule has 0 bridgehead atoms. The average molecular weight is 464 g/mol. The van der Waals surface area contributed by atoms with E-state index >= 15 is 0 Å². The number of ether oxygens (including phenoxy) is 1. The maximum absolute atomic E-state index is 13.3. The molecule has 2 aromatic carbocycles. The quantitative estimate of drug-likeness (QED) is 0.316. The van der Waals surface area contributed by atoms with Crippen molar-refractivity contribution in [3.05, 3.63) is 93.7 Å². The Balaban J connectivity index is 1.82. The van der Waals surface area contributed by atoms with Crippen molar-refractivity contribution in [3.8, 4) is 5.75 Å². The predicted octanol–water partition coefficient (Wildman–Crippen LogP) is 5.02. The van der Waals surface area contributed by atoms with Gasteiger partial charge in [0.05, 0.1) is 18.2 Å². The Morgan fingerprint density at radius 3 is 2.41 bits per heavy atom. The van der Waals surface area contributed by atoms with Gasteiger partial charge in [-0.25, -0.2) is 4.39 Å². The molecular formula is C27H26FNO5. The number of aliphatic hydroxyl groups excluding tert-OH is 1. The van der Waals surface area contributed by atoms with Gasteiger partial charge in [-0.15, -0.1) is 0 Å². The molecule has 7 heteroatoms. The molecule has 3 aromatic rings. The number of aliphatic hydroxyl groups is 1. The third-order valence-electron chi connectivity index (χ3n) is 6.00. The van der Waals surface area contributed by atoms with E-state index in [0.29, 0.717) is 29.3 Å². The number of benzene rings is 2. The summed E-state index contributed by atoms with van der Waals surface area (Å²) in [7, 11) is 1.49. The summed E-state index contributed by atoms with van der Waals surface area (Å²) in [6.45, 7) is 5.66. The number of Topliss-reactive ketones (excluding diaryl/α,β-unsaturated/α-hetero) is 1. The van der Waals surface area contributed by atoms with Crippen LogP contribution in [0.4, 0.5) is 4.39 Å². The SMILES string of the molecule is COc1c(C)cc(C)cc1/C(O)=C1\C(=O)C(=O)N(CCc2ccc(F)cc2)C1c1ccc(C)o1. The number of hydrogen-bond donors (Lipinski definition) is 1. The first kappa shape index (κ1) is 23.3. The average Bonchev–Trinajstić information content (AvgIpc) is 3.33. The number of aryl methyl sites for hydroxylation is 3. The molecule has 1 unspecified atom stereocenters. The largest absolute Gasteiger partial charge is 0.507 e. The van der Waals surface area contributed by atoms with Crippen LogP contribution in [-0.2, 0) is 16.0 Å². The minimum Gasteiger partial charge on any atom is -0.507 e. The monoisotopic (exact) mass is 463 g/mol. The van der Waals surface area contributed by atoms with Crippen LogP contribution in [0.5, 0.6) is 5.75 Å². The number of halogens is 1. The molecule has 0 radical (unpaired) electrons. The molecule has 1 aromatic heterocycles. The highest BCUT2D eigenvalue weighted by Gasteiger charge is 2.47. The lowest BCUT2D eigenvalue weighted by Crippen LogP contribution is -2.31. The third-order valence-corrected chi connectivity index (χ3v) is 6.00. The summed E-state index contributed by atoms with van der Waals surface area (Å²) in [6.07, 6.45) is 0.399. The van der Waals surface area contributed by atoms with Crippen molar-refractivity contribution >= 4 is 17.4 Å². The predicted molar refractivity (Wildman–Crippen MR) is 125 cm³/mol. The maximum Gasteiger partial charge on any atom is 0.295 e. The van der Waals surface area contributed by atoms with Gasteiger partial charge in [0.2, 0.25) is 0 Å². The molecule has 1 amide bonds. The van der Waals surface area contributed by atoms with E-state index in [9.17, 15) is 19.1 Å². The highest BCUT2D eigenvalue weighted by molar-refractivity contribution is 6.46. The molecule has 1 aliphatic heterocycles. The summed E-state index contributed by atoms with van der Waals surface area (Å²) in [5.74, 6) is -0.773. The zero-order valence-corrected chi connectivity index (χ0v) is 19.5. The van der Waals surface area contributed by atoms with Crippen LogP contribution in [0, 0.1) is 26.6 Å². The Labute approximate surface area is 197 Å². The number of nitrogens with zero attached hydrogens (tertiary/aromatic N) is 1. The smallest absolute Gasteiger partial charge is 0.295 e. The number of rotatable bonds is 6. The standard InChI is InChI=1S/C27H26FNO5/c1-15-13-16(2)26(33-4)20(14-15)24(30)22-23(21-10-5-17(3)34-21)29(27(32)25(22)31)12-11-18-6-8-19(28)9-7-18/h5-10,13-14,23,30H,11-12H2,1-4H3/b24-22+. The van der Waals surface area contributed by atoms with Gasteiger partial charge in [-0.05, 0) is 74.2 Å². The Morgan fingerprint density at radius 2 is 1.79 bits per heavy atom. The van der Waals surface area contributed by atoms with Crippen LogP contribution in [0.15, 0.2) is 58.5 Å². The Hall–Kier alpha value is -3.87. The molecule has 1 aliphatic rings. The molecule has 1 atom stereocenters. The second kappa shape index (κ2) is 9.17. The number of hydrogen-bond acceptors (Lipinski definition) is 5. The van der Waals surface area contributed by atoms with E-state index in [2.05, 4.69) is 0 Å². The molecule has 1 fully saturated rings. The number of furan rings is 1. The molecule has 176 valence electrons. The molecule has 6 nitrogen and oxygen atoms in total. The van der Waals surface area contributed by atoms with E-state index in [0.717, 1.165) is 16.7 Å². The normalized spacial score (nSPS) is 17.4. The van der Waals surface area contributed by atoms with Gasteiger partial charge in [0.15, 0.2) is 0 Å². The molecule has 0 aliphatic carbocycles. The topological polar surface area (TPSA) is 80.0 Å². The van der Waals surface area contributed by atoms with Gasteiger partial charge >= 0.3 is 0 Å². The second-order valence-corrected chi connectivity index (χ2v) is 8.48. The van der Waals surface area contributed by atoms with Crippen molar-refractivity contribution < 1.29 is 28.2 Å². The maximum atomic E-state index is 13.3. The van der Waals surface area contributed by atoms with Crippen LogP contribution in [-0.4, -0.2) is 35.4 Å². The van der Waals surface area contributed by atoms with Crippen molar-refractivity contribution in [1.82, 2.24) is 4.90 Å². The highest BCUT2D eigenvalue weighted by Crippen LogP contribution is 2.42. The van der Waals surface area contributed by atoms with Gasteiger partial charge in [-0.3, -0.25) is 9.59 Å². The molecule has 1 N–H and O–H groups in total. The fourth-order valence-electron chi connectivity index (χ4n) is 4.45. The van der Waals surface area contributed by atoms with Gasteiger partial charge in [0, 0.05) is 6.54 Å². The van der Waals surface area contributed by atoms with Gasteiger partial charge in [-0.2, -0.15) is 0 Å². The van der Waals surface area contributed by atoms with E-state index < -0.39 is 17.7 Å². The van der Waals surface area contributed by atoms with Crippen LogP contribution in [0.2, 0.25) is 0 Å². The summed E-state index contributed by atoms with van der Waals surface area (Å²) in [4.78, 5) is 27.7. The first-order chi connectivity index (χ1) is 16.2. The van der Waals surface area contributed by atoms with Crippen molar-refractivity contribution in [1.29, 1.82) is 0 Å². The first-order valence-corrected chi connectivity index (χ1v) is 11.0. The molecule has 1 saturated heterocycles. The zero-order chi connectivity index (χ0) is 24.6. The van der Waals surface area contributed by atoms with Crippen molar-refractivity contribution in [3.63, 3.8) is 0 Å². The summed E-state index contributed by atoms with van der Waals surface area (Å²) in [5.41, 5.74) is 2.76. The van der Waals surface area contributed by atoms with Gasteiger partial charge in [0.25, 0.3) is 11.7 Å². The fourth-order valence-corrected chi connectivity index (χ4v) is 4.45. The van der Waals surface area contributed by atoms with Crippen LogP contribution in [0.3, 0.4) is 0 Å². The minimum absolute atomic E-state index is 0.0539. The molecule has 2 heterocycles. The Bertz CT molecular complexity index is 1290. The lowest BCUT2D eigenvalue weighted by atomic mass is 9.96. The zero-order valence-electron chi connectivity index (χ0n) is 19.5. The van der Waals surface area contributed by atoms with Crippen LogP contribution >= 0.6 is 0 Å². The van der Waals surface area contributed by atoms with Crippen molar-refractivity contribution in [2.45, 2.75) is 33.2 Å². The van der Waals surface area contributed by atoms with E-state index in [4.69, 9.17) is 9.15 Å². The number of carbonyl (C=O) groups excluding carboxylic acids is 2. The summed E-state index contributed by atoms with van der Waals surface area (Å²) in [5, 5.41) is 11.4. The first-order valence-electron chi connectivity index (χ1n) is 11.0. The molecule has 0 saturated carbocycles. The van der Waals surface area contributed by atoms with Gasteiger partial charge in [0.1, 0.15) is 34.9 Å².